The van der Waals surface area contributed by atoms with E-state index in [9.17, 15) is 37.4 Å². The number of alkyl halides is 3. The minimum Gasteiger partial charge on any atom is -0.505 e. The number of carbonyl (C=O) groups is 2. The summed E-state index contributed by atoms with van der Waals surface area (Å²) in [6, 6.07) is 6.19. The lowest BCUT2D eigenvalue weighted by Gasteiger charge is -2.14. The SMILES string of the molecule is CCCCC(C(=O)O)c1c(C)n(C(=O)c2ccc(OC(F)(F)F)cc2)c2cc(F)c(O)cc12. The molecule has 2 aromatic carbocycles. The molecule has 176 valence electrons. The van der Waals surface area contributed by atoms with E-state index in [1.54, 1.807) is 0 Å². The first kappa shape index (κ1) is 24.1. The van der Waals surface area contributed by atoms with Gasteiger partial charge in [0.1, 0.15) is 5.75 Å². The summed E-state index contributed by atoms with van der Waals surface area (Å²) < 4.78 is 56.3. The van der Waals surface area contributed by atoms with E-state index in [4.69, 9.17) is 0 Å². The number of fused-ring (bicyclic) bond motifs is 1. The Balaban J connectivity index is 2.16. The summed E-state index contributed by atoms with van der Waals surface area (Å²) in [6.45, 7) is 3.40. The number of aromatic nitrogens is 1. The van der Waals surface area contributed by atoms with E-state index in [1.807, 2.05) is 6.92 Å². The maximum Gasteiger partial charge on any atom is 0.573 e. The van der Waals surface area contributed by atoms with Crippen molar-refractivity contribution in [1.82, 2.24) is 4.57 Å². The van der Waals surface area contributed by atoms with Crippen LogP contribution in [-0.2, 0) is 4.79 Å². The van der Waals surface area contributed by atoms with Crippen LogP contribution in [0.1, 0.15) is 53.7 Å². The Morgan fingerprint density at radius 3 is 2.33 bits per heavy atom. The predicted octanol–water partition coefficient (Wildman–Crippen LogP) is 5.74. The number of ether oxygens (including phenoxy) is 1. The molecule has 0 spiro atoms. The van der Waals surface area contributed by atoms with Gasteiger partial charge in [-0.2, -0.15) is 0 Å². The van der Waals surface area contributed by atoms with Crippen LogP contribution in [0.2, 0.25) is 0 Å². The number of phenolic OH excluding ortho intramolecular Hbond substituents is 1. The highest BCUT2D eigenvalue weighted by Crippen LogP contribution is 2.38. The third-order valence-electron chi connectivity index (χ3n) is 5.35. The van der Waals surface area contributed by atoms with Crippen LogP contribution in [0.25, 0.3) is 10.9 Å². The summed E-state index contributed by atoms with van der Waals surface area (Å²) in [6.07, 6.45) is -3.31. The average molecular weight is 467 g/mol. The lowest BCUT2D eigenvalue weighted by molar-refractivity contribution is -0.274. The number of nitrogens with zero attached hydrogens (tertiary/aromatic N) is 1. The van der Waals surface area contributed by atoms with E-state index in [-0.39, 0.29) is 34.1 Å². The number of carboxylic acids is 1. The molecule has 1 aromatic heterocycles. The molecule has 0 saturated heterocycles. The van der Waals surface area contributed by atoms with Crippen molar-refractivity contribution in [2.24, 2.45) is 0 Å². The molecule has 3 rings (SSSR count). The molecule has 33 heavy (non-hydrogen) atoms. The number of hydrogen-bond donors (Lipinski definition) is 2. The molecule has 1 heterocycles. The minimum atomic E-state index is -4.89. The second-order valence-corrected chi connectivity index (χ2v) is 7.57. The Kier molecular flexibility index (Phi) is 6.66. The number of rotatable bonds is 7. The van der Waals surface area contributed by atoms with Gasteiger partial charge in [-0.05, 0) is 49.2 Å². The second-order valence-electron chi connectivity index (χ2n) is 7.57. The monoisotopic (exact) mass is 467 g/mol. The summed E-state index contributed by atoms with van der Waals surface area (Å²) in [7, 11) is 0. The zero-order valence-electron chi connectivity index (χ0n) is 17.7. The molecule has 0 bridgehead atoms. The van der Waals surface area contributed by atoms with Crippen molar-refractivity contribution in [3.05, 3.63) is 59.0 Å². The van der Waals surface area contributed by atoms with Crippen LogP contribution in [0.3, 0.4) is 0 Å². The Hall–Kier alpha value is -3.56. The molecular formula is C23H21F4NO5. The largest absolute Gasteiger partial charge is 0.573 e. The van der Waals surface area contributed by atoms with Gasteiger partial charge < -0.3 is 14.9 Å². The molecule has 0 aliphatic rings. The Morgan fingerprint density at radius 1 is 1.15 bits per heavy atom. The Bertz CT molecular complexity index is 1200. The molecule has 0 saturated carbocycles. The maximum absolute atomic E-state index is 14.2. The van der Waals surface area contributed by atoms with Gasteiger partial charge in [-0.15, -0.1) is 13.2 Å². The van der Waals surface area contributed by atoms with Crippen LogP contribution in [-0.4, -0.2) is 33.0 Å². The number of aliphatic carboxylic acids is 1. The van der Waals surface area contributed by atoms with Gasteiger partial charge in [-0.1, -0.05) is 19.8 Å². The summed E-state index contributed by atoms with van der Waals surface area (Å²) >= 11 is 0. The highest BCUT2D eigenvalue weighted by Gasteiger charge is 2.32. The average Bonchev–Trinajstić information content (AvgIpc) is 2.98. The summed E-state index contributed by atoms with van der Waals surface area (Å²) in [5.74, 6) is -5.05. The van der Waals surface area contributed by atoms with Crippen LogP contribution < -0.4 is 4.74 Å². The van der Waals surface area contributed by atoms with Gasteiger partial charge in [0.05, 0.1) is 11.4 Å². The van der Waals surface area contributed by atoms with Gasteiger partial charge in [0.25, 0.3) is 5.91 Å². The number of hydrogen-bond acceptors (Lipinski definition) is 4. The number of carbonyl (C=O) groups excluding carboxylic acids is 1. The Labute approximate surface area is 186 Å². The lowest BCUT2D eigenvalue weighted by atomic mass is 9.91. The topological polar surface area (TPSA) is 88.8 Å². The highest BCUT2D eigenvalue weighted by atomic mass is 19.4. The second kappa shape index (κ2) is 9.13. The molecule has 0 aliphatic carbocycles. The number of unbranched alkanes of at least 4 members (excludes halogenated alkanes) is 1. The first-order chi connectivity index (χ1) is 15.4. The molecule has 6 nitrogen and oxygen atoms in total. The number of aromatic hydroxyl groups is 1. The summed E-state index contributed by atoms with van der Waals surface area (Å²) in [5, 5.41) is 19.9. The molecule has 0 fully saturated rings. The van der Waals surface area contributed by atoms with E-state index >= 15 is 0 Å². The van der Waals surface area contributed by atoms with Crippen molar-refractivity contribution in [3.8, 4) is 11.5 Å². The third-order valence-corrected chi connectivity index (χ3v) is 5.35. The van der Waals surface area contributed by atoms with Gasteiger partial charge >= 0.3 is 12.3 Å². The van der Waals surface area contributed by atoms with Crippen molar-refractivity contribution >= 4 is 22.8 Å². The molecule has 0 amide bonds. The van der Waals surface area contributed by atoms with Crippen molar-refractivity contribution in [2.75, 3.05) is 0 Å². The third kappa shape index (κ3) is 4.94. The van der Waals surface area contributed by atoms with Gasteiger partial charge in [0, 0.05) is 22.7 Å². The first-order valence-corrected chi connectivity index (χ1v) is 10.1. The van der Waals surface area contributed by atoms with Crippen molar-refractivity contribution < 1.29 is 42.1 Å². The Morgan fingerprint density at radius 2 is 1.79 bits per heavy atom. The van der Waals surface area contributed by atoms with E-state index in [2.05, 4.69) is 4.74 Å². The van der Waals surface area contributed by atoms with Gasteiger partial charge in [0.2, 0.25) is 0 Å². The fourth-order valence-corrected chi connectivity index (χ4v) is 3.88. The van der Waals surface area contributed by atoms with Crippen LogP contribution >= 0.6 is 0 Å². The number of phenols is 1. The smallest absolute Gasteiger partial charge is 0.505 e. The van der Waals surface area contributed by atoms with E-state index in [0.717, 1.165) is 47.4 Å². The molecular weight excluding hydrogens is 446 g/mol. The normalized spacial score (nSPS) is 12.7. The molecule has 3 aromatic rings. The highest BCUT2D eigenvalue weighted by molar-refractivity contribution is 6.05. The van der Waals surface area contributed by atoms with Gasteiger partial charge in [-0.3, -0.25) is 14.2 Å². The molecule has 1 unspecified atom stereocenters. The predicted molar refractivity (Wildman–Crippen MR) is 111 cm³/mol. The molecule has 0 aliphatic heterocycles. The van der Waals surface area contributed by atoms with E-state index < -0.39 is 41.5 Å². The van der Waals surface area contributed by atoms with Crippen molar-refractivity contribution in [2.45, 2.75) is 45.4 Å². The van der Waals surface area contributed by atoms with Crippen molar-refractivity contribution in [1.29, 1.82) is 0 Å². The van der Waals surface area contributed by atoms with Crippen LogP contribution in [0.4, 0.5) is 17.6 Å². The van der Waals surface area contributed by atoms with Crippen molar-refractivity contribution in [3.63, 3.8) is 0 Å². The van der Waals surface area contributed by atoms with E-state index in [1.165, 1.54) is 6.92 Å². The van der Waals surface area contributed by atoms with Gasteiger partial charge in [0.15, 0.2) is 11.6 Å². The molecule has 10 heteroatoms. The van der Waals surface area contributed by atoms with Crippen LogP contribution in [0, 0.1) is 12.7 Å². The zero-order valence-corrected chi connectivity index (χ0v) is 17.7. The first-order valence-electron chi connectivity index (χ1n) is 10.1. The minimum absolute atomic E-state index is 0.0232. The molecule has 0 radical (unpaired) electrons. The van der Waals surface area contributed by atoms with Crippen LogP contribution in [0.5, 0.6) is 11.5 Å². The quantitative estimate of drug-likeness (QED) is 0.433. The molecule has 1 atom stereocenters. The number of benzene rings is 2. The van der Waals surface area contributed by atoms with Crippen LogP contribution in [0.15, 0.2) is 36.4 Å². The summed E-state index contributed by atoms with van der Waals surface area (Å²) in [4.78, 5) is 25.3. The number of halogens is 4. The zero-order chi connectivity index (χ0) is 24.5. The lowest BCUT2D eigenvalue weighted by Crippen LogP contribution is -2.18. The maximum atomic E-state index is 14.2. The fraction of sp³-hybridized carbons (Fsp3) is 0.304. The standard InChI is InChI=1S/C23H21F4NO5/c1-3-4-5-15(22(31)32)20-12(2)28(18-11-17(24)19(29)10-16(18)20)21(30)13-6-8-14(9-7-13)33-23(25,26)27/h6-11,15,29H,3-5H2,1-2H3,(H,31,32). The molecule has 2 N–H and O–H groups in total. The van der Waals surface area contributed by atoms with Gasteiger partial charge in [-0.25, -0.2) is 4.39 Å². The number of carboxylic acid groups (broad SMARTS) is 1. The fourth-order valence-electron chi connectivity index (χ4n) is 3.88. The summed E-state index contributed by atoms with van der Waals surface area (Å²) in [5.41, 5.74) is 0.525. The van der Waals surface area contributed by atoms with E-state index in [0.29, 0.717) is 6.42 Å².